The highest BCUT2D eigenvalue weighted by molar-refractivity contribution is 7.84. The number of aromatic nitrogens is 1. The maximum Gasteiger partial charge on any atom is 0.232 e. The lowest BCUT2D eigenvalue weighted by atomic mass is 10.1. The molecular formula is C21H21ClN2O3S. The van der Waals surface area contributed by atoms with E-state index in [2.05, 4.69) is 10.3 Å². The molecule has 1 aromatic heterocycles. The Morgan fingerprint density at radius 3 is 2.61 bits per heavy atom. The van der Waals surface area contributed by atoms with E-state index in [0.29, 0.717) is 34.5 Å². The minimum Gasteiger partial charge on any atom is -0.441 e. The molecule has 1 atom stereocenters. The number of oxazole rings is 1. The number of halogens is 1. The van der Waals surface area contributed by atoms with Crippen molar-refractivity contribution >= 4 is 28.3 Å². The predicted octanol–water partition coefficient (Wildman–Crippen LogP) is 3.91. The van der Waals surface area contributed by atoms with E-state index in [1.54, 1.807) is 13.0 Å². The lowest BCUT2D eigenvalue weighted by Gasteiger charge is -2.05. The number of benzene rings is 2. The number of hydrogen-bond acceptors (Lipinski definition) is 4. The number of nitrogens with zero attached hydrogens (tertiary/aromatic N) is 1. The average Bonchev–Trinajstić information content (AvgIpc) is 3.03. The first-order valence-electron chi connectivity index (χ1n) is 8.89. The van der Waals surface area contributed by atoms with Crippen molar-refractivity contribution in [3.63, 3.8) is 0 Å². The number of aryl methyl sites for hydroxylation is 1. The minimum atomic E-state index is -1.38. The van der Waals surface area contributed by atoms with Gasteiger partial charge in [0, 0.05) is 17.3 Å². The zero-order valence-electron chi connectivity index (χ0n) is 15.5. The zero-order valence-corrected chi connectivity index (χ0v) is 17.1. The molecule has 0 aliphatic heterocycles. The van der Waals surface area contributed by atoms with Crippen molar-refractivity contribution in [3.05, 3.63) is 76.6 Å². The molecule has 0 aliphatic carbocycles. The van der Waals surface area contributed by atoms with Crippen molar-refractivity contribution in [2.45, 2.75) is 19.1 Å². The molecule has 0 bridgehead atoms. The number of hydrogen-bond donors (Lipinski definition) is 1. The van der Waals surface area contributed by atoms with Crippen molar-refractivity contribution in [2.24, 2.45) is 0 Å². The van der Waals surface area contributed by atoms with Crippen LogP contribution in [0.3, 0.4) is 0 Å². The first-order chi connectivity index (χ1) is 13.5. The average molecular weight is 417 g/mol. The van der Waals surface area contributed by atoms with Crippen LogP contribution >= 0.6 is 11.6 Å². The highest BCUT2D eigenvalue weighted by atomic mass is 35.5. The Balaban J connectivity index is 1.52. The van der Waals surface area contributed by atoms with Crippen LogP contribution < -0.4 is 5.32 Å². The first-order valence-corrected chi connectivity index (χ1v) is 10.8. The molecule has 3 rings (SSSR count). The number of rotatable bonds is 8. The van der Waals surface area contributed by atoms with Gasteiger partial charge in [-0.15, -0.1) is 0 Å². The van der Waals surface area contributed by atoms with Gasteiger partial charge in [0.1, 0.15) is 11.5 Å². The summed E-state index contributed by atoms with van der Waals surface area (Å²) < 4.78 is 18.0. The summed E-state index contributed by atoms with van der Waals surface area (Å²) in [6.07, 6.45) is 0.739. The highest BCUT2D eigenvalue weighted by Gasteiger charge is 2.17. The maximum absolute atomic E-state index is 12.4. The van der Waals surface area contributed by atoms with E-state index in [-0.39, 0.29) is 17.4 Å². The Bertz CT molecular complexity index is 973. The molecule has 0 aliphatic rings. The van der Waals surface area contributed by atoms with Crippen molar-refractivity contribution in [1.82, 2.24) is 10.3 Å². The van der Waals surface area contributed by atoms with Gasteiger partial charge in [-0.25, -0.2) is 4.98 Å². The van der Waals surface area contributed by atoms with Gasteiger partial charge >= 0.3 is 0 Å². The molecule has 7 heteroatoms. The van der Waals surface area contributed by atoms with Crippen LogP contribution in [-0.2, 0) is 27.8 Å². The fourth-order valence-corrected chi connectivity index (χ4v) is 3.99. The normalized spacial score (nSPS) is 11.9. The summed E-state index contributed by atoms with van der Waals surface area (Å²) >= 11 is 6.17. The quantitative estimate of drug-likeness (QED) is 0.604. The summed E-state index contributed by atoms with van der Waals surface area (Å²) in [5.74, 6) is 0.825. The SMILES string of the molecule is Cc1oc(-c2ccccc2Cl)nc1C[S@](=O)CC(=O)NCCc1ccccc1. The van der Waals surface area contributed by atoms with Gasteiger partial charge < -0.3 is 9.73 Å². The van der Waals surface area contributed by atoms with E-state index < -0.39 is 10.8 Å². The summed E-state index contributed by atoms with van der Waals surface area (Å²) in [6.45, 7) is 2.28. The monoisotopic (exact) mass is 416 g/mol. The van der Waals surface area contributed by atoms with Gasteiger partial charge in [-0.3, -0.25) is 9.00 Å². The Morgan fingerprint density at radius 2 is 1.86 bits per heavy atom. The third kappa shape index (κ3) is 5.53. The molecule has 0 saturated carbocycles. The molecule has 1 heterocycles. The third-order valence-electron chi connectivity index (χ3n) is 4.17. The molecule has 0 radical (unpaired) electrons. The van der Waals surface area contributed by atoms with E-state index in [4.69, 9.17) is 16.0 Å². The van der Waals surface area contributed by atoms with E-state index in [9.17, 15) is 9.00 Å². The van der Waals surface area contributed by atoms with Gasteiger partial charge in [0.2, 0.25) is 11.8 Å². The second-order valence-electron chi connectivity index (χ2n) is 6.32. The molecule has 146 valence electrons. The number of carbonyl (C=O) groups excluding carboxylic acids is 1. The van der Waals surface area contributed by atoms with Crippen molar-refractivity contribution in [3.8, 4) is 11.5 Å². The fraction of sp³-hybridized carbons (Fsp3) is 0.238. The summed E-state index contributed by atoms with van der Waals surface area (Å²) in [5, 5.41) is 3.34. The summed E-state index contributed by atoms with van der Waals surface area (Å²) in [5.41, 5.74) is 2.41. The Labute approximate surface area is 171 Å². The first kappa shape index (κ1) is 20.3. The molecule has 28 heavy (non-hydrogen) atoms. The van der Waals surface area contributed by atoms with E-state index >= 15 is 0 Å². The summed E-state index contributed by atoms with van der Waals surface area (Å²) in [7, 11) is -1.38. The van der Waals surface area contributed by atoms with Gasteiger partial charge in [-0.05, 0) is 31.0 Å². The molecule has 1 amide bonds. The lowest BCUT2D eigenvalue weighted by Crippen LogP contribution is -2.30. The molecular weight excluding hydrogens is 396 g/mol. The van der Waals surface area contributed by atoms with Gasteiger partial charge in [0.15, 0.2) is 0 Å². The van der Waals surface area contributed by atoms with Gasteiger partial charge in [-0.1, -0.05) is 54.1 Å². The molecule has 3 aromatic rings. The van der Waals surface area contributed by atoms with Crippen LogP contribution in [0.25, 0.3) is 11.5 Å². The molecule has 2 aromatic carbocycles. The van der Waals surface area contributed by atoms with Crippen LogP contribution in [0.1, 0.15) is 17.0 Å². The van der Waals surface area contributed by atoms with Crippen LogP contribution in [0.15, 0.2) is 59.0 Å². The van der Waals surface area contributed by atoms with Crippen LogP contribution in [-0.4, -0.2) is 27.4 Å². The third-order valence-corrected chi connectivity index (χ3v) is 5.67. The molecule has 0 unspecified atom stereocenters. The zero-order chi connectivity index (χ0) is 19.9. The Morgan fingerprint density at radius 1 is 1.14 bits per heavy atom. The van der Waals surface area contributed by atoms with Crippen LogP contribution in [0.4, 0.5) is 0 Å². The summed E-state index contributed by atoms with van der Waals surface area (Å²) in [4.78, 5) is 16.4. The topological polar surface area (TPSA) is 72.2 Å². The Hall–Kier alpha value is -2.44. The van der Waals surface area contributed by atoms with Gasteiger partial charge in [0.05, 0.1) is 22.0 Å². The van der Waals surface area contributed by atoms with Gasteiger partial charge in [0.25, 0.3) is 0 Å². The lowest BCUT2D eigenvalue weighted by molar-refractivity contribution is -0.118. The highest BCUT2D eigenvalue weighted by Crippen LogP contribution is 2.28. The molecule has 5 nitrogen and oxygen atoms in total. The smallest absolute Gasteiger partial charge is 0.232 e. The molecule has 1 N–H and O–H groups in total. The molecule has 0 fully saturated rings. The Kier molecular flexibility index (Phi) is 7.01. The largest absolute Gasteiger partial charge is 0.441 e. The standard InChI is InChI=1S/C21H21ClN2O3S/c1-15-19(24-21(27-15)17-9-5-6-10-18(17)22)13-28(26)14-20(25)23-12-11-16-7-3-2-4-8-16/h2-10H,11-14H2,1H3,(H,23,25)/t28-/m0/s1. The fourth-order valence-electron chi connectivity index (χ4n) is 2.70. The van der Waals surface area contributed by atoms with Crippen molar-refractivity contribution < 1.29 is 13.4 Å². The van der Waals surface area contributed by atoms with Crippen molar-refractivity contribution in [1.29, 1.82) is 0 Å². The van der Waals surface area contributed by atoms with E-state index in [1.807, 2.05) is 48.5 Å². The maximum atomic E-state index is 12.4. The summed E-state index contributed by atoms with van der Waals surface area (Å²) in [6, 6.07) is 17.1. The van der Waals surface area contributed by atoms with E-state index in [0.717, 1.165) is 12.0 Å². The number of carbonyl (C=O) groups is 1. The predicted molar refractivity (Wildman–Crippen MR) is 112 cm³/mol. The van der Waals surface area contributed by atoms with Crippen LogP contribution in [0, 0.1) is 6.92 Å². The number of nitrogens with one attached hydrogen (secondary N) is 1. The number of amides is 1. The molecule has 0 saturated heterocycles. The molecule has 0 spiro atoms. The van der Waals surface area contributed by atoms with Crippen LogP contribution in [0.5, 0.6) is 0 Å². The minimum absolute atomic E-state index is 0.0669. The second-order valence-corrected chi connectivity index (χ2v) is 8.18. The second kappa shape index (κ2) is 9.66. The van der Waals surface area contributed by atoms with Crippen molar-refractivity contribution in [2.75, 3.05) is 12.3 Å². The van der Waals surface area contributed by atoms with Gasteiger partial charge in [-0.2, -0.15) is 0 Å². The van der Waals surface area contributed by atoms with Crippen LogP contribution in [0.2, 0.25) is 5.02 Å². The van der Waals surface area contributed by atoms with E-state index in [1.165, 1.54) is 0 Å².